The van der Waals surface area contributed by atoms with Crippen molar-refractivity contribution in [2.45, 2.75) is 44.6 Å². The van der Waals surface area contributed by atoms with Crippen LogP contribution in [0.2, 0.25) is 0 Å². The summed E-state index contributed by atoms with van der Waals surface area (Å²) >= 11 is 5.53. The van der Waals surface area contributed by atoms with Crippen LogP contribution in [0.5, 0.6) is 0 Å². The fraction of sp³-hybridized carbons (Fsp3) is 1.00. The first-order chi connectivity index (χ1) is 7.15. The summed E-state index contributed by atoms with van der Waals surface area (Å²) in [5.41, 5.74) is 0. The van der Waals surface area contributed by atoms with Crippen molar-refractivity contribution in [2.75, 3.05) is 11.8 Å². The highest BCUT2D eigenvalue weighted by molar-refractivity contribution is 7.90. The van der Waals surface area contributed by atoms with Gasteiger partial charge in [0.25, 0.3) is 0 Å². The first-order valence-corrected chi connectivity index (χ1v) is 7.85. The molecule has 1 saturated heterocycles. The van der Waals surface area contributed by atoms with Crippen molar-refractivity contribution in [1.82, 2.24) is 4.31 Å². The van der Waals surface area contributed by atoms with Gasteiger partial charge in [0.05, 0.1) is 0 Å². The molecule has 88 valence electrons. The number of fused-ring (bicyclic) bond motifs is 1. The highest BCUT2D eigenvalue weighted by Crippen LogP contribution is 2.36. The van der Waals surface area contributed by atoms with Gasteiger partial charge >= 0.3 is 0 Å². The Morgan fingerprint density at radius 3 is 2.53 bits per heavy atom. The van der Waals surface area contributed by atoms with E-state index in [4.69, 9.17) is 11.6 Å². The summed E-state index contributed by atoms with van der Waals surface area (Å²) < 4.78 is 25.3. The Labute approximate surface area is 96.8 Å². The van der Waals surface area contributed by atoms with Crippen molar-refractivity contribution < 1.29 is 8.42 Å². The molecule has 1 aliphatic heterocycles. The normalized spacial score (nSPS) is 33.7. The molecular formula is C10H18ClNO2S. The van der Waals surface area contributed by atoms with Crippen molar-refractivity contribution in [3.8, 4) is 0 Å². The molecule has 3 nitrogen and oxygen atoms in total. The second-order valence-electron chi connectivity index (χ2n) is 4.59. The van der Waals surface area contributed by atoms with E-state index in [1.807, 2.05) is 0 Å². The summed E-state index contributed by atoms with van der Waals surface area (Å²) in [4.78, 5) is 0. The molecule has 2 rings (SSSR count). The monoisotopic (exact) mass is 251 g/mol. The predicted octanol–water partition coefficient (Wildman–Crippen LogP) is 2.17. The molecule has 0 aromatic rings. The van der Waals surface area contributed by atoms with E-state index in [0.29, 0.717) is 12.5 Å². The Balaban J connectivity index is 2.17. The largest absolute Gasteiger partial charge is 0.228 e. The first kappa shape index (κ1) is 11.7. The Hall–Kier alpha value is 0.200. The van der Waals surface area contributed by atoms with Crippen LogP contribution in [0.15, 0.2) is 0 Å². The number of nitrogens with zero attached hydrogens (tertiary/aromatic N) is 1. The third-order valence-corrected chi connectivity index (χ3v) is 5.96. The van der Waals surface area contributed by atoms with E-state index in [9.17, 15) is 8.42 Å². The summed E-state index contributed by atoms with van der Waals surface area (Å²) in [6.45, 7) is 0.677. The molecule has 1 heterocycles. The third-order valence-electron chi connectivity index (χ3n) is 3.69. The lowest BCUT2D eigenvalue weighted by atomic mass is 9.79. The van der Waals surface area contributed by atoms with Crippen LogP contribution in [0.4, 0.5) is 0 Å². The number of halogens is 1. The van der Waals surface area contributed by atoms with Gasteiger partial charge in [0, 0.05) is 12.6 Å². The Bertz CT molecular complexity index is 315. The van der Waals surface area contributed by atoms with E-state index in [1.54, 1.807) is 4.31 Å². The number of hydrogen-bond acceptors (Lipinski definition) is 2. The molecule has 1 aliphatic carbocycles. The lowest BCUT2D eigenvalue weighted by Crippen LogP contribution is -2.49. The van der Waals surface area contributed by atoms with Crippen LogP contribution in [-0.4, -0.2) is 30.5 Å². The van der Waals surface area contributed by atoms with Gasteiger partial charge in [-0.2, -0.15) is 4.31 Å². The summed E-state index contributed by atoms with van der Waals surface area (Å²) in [5, 5.41) is -0.268. The Kier molecular flexibility index (Phi) is 3.58. The summed E-state index contributed by atoms with van der Waals surface area (Å²) in [5.74, 6) is 0.588. The predicted molar refractivity (Wildman–Crippen MR) is 61.3 cm³/mol. The first-order valence-electron chi connectivity index (χ1n) is 5.70. The standard InChI is InChI=1S/C10H18ClNO2S/c11-8-15(13,14)12-7-3-5-9-4-1-2-6-10(9)12/h9-10H,1-8H2/t9-,10-/m0/s1. The molecule has 0 N–H and O–H groups in total. The number of piperidine rings is 1. The topological polar surface area (TPSA) is 37.4 Å². The molecule has 1 saturated carbocycles. The molecular weight excluding hydrogens is 234 g/mol. The van der Waals surface area contributed by atoms with Crippen LogP contribution >= 0.6 is 11.6 Å². The minimum absolute atomic E-state index is 0.247. The van der Waals surface area contributed by atoms with Crippen molar-refractivity contribution in [2.24, 2.45) is 5.92 Å². The van der Waals surface area contributed by atoms with Gasteiger partial charge in [-0.1, -0.05) is 12.8 Å². The van der Waals surface area contributed by atoms with Crippen molar-refractivity contribution >= 4 is 21.6 Å². The Morgan fingerprint density at radius 1 is 1.13 bits per heavy atom. The SMILES string of the molecule is O=S(=O)(CCl)N1CCC[C@@H]2CCCC[C@@H]21. The molecule has 0 aromatic heterocycles. The third kappa shape index (κ3) is 2.32. The molecule has 2 atom stereocenters. The molecule has 0 aromatic carbocycles. The molecule has 0 bridgehead atoms. The minimum Gasteiger partial charge on any atom is -0.211 e. The zero-order chi connectivity index (χ0) is 10.9. The second kappa shape index (κ2) is 4.60. The summed E-state index contributed by atoms with van der Waals surface area (Å²) in [7, 11) is -3.19. The number of sulfonamides is 1. The quantitative estimate of drug-likeness (QED) is 0.706. The lowest BCUT2D eigenvalue weighted by molar-refractivity contribution is 0.129. The molecule has 5 heteroatoms. The van der Waals surface area contributed by atoms with Crippen molar-refractivity contribution in [3.05, 3.63) is 0 Å². The van der Waals surface area contributed by atoms with E-state index in [0.717, 1.165) is 19.3 Å². The molecule has 0 amide bonds. The van der Waals surface area contributed by atoms with Gasteiger partial charge in [0.15, 0.2) is 0 Å². The highest BCUT2D eigenvalue weighted by atomic mass is 35.5. The number of alkyl halides is 1. The minimum atomic E-state index is -3.19. The van der Waals surface area contributed by atoms with Crippen LogP contribution in [0.3, 0.4) is 0 Å². The van der Waals surface area contributed by atoms with E-state index in [-0.39, 0.29) is 11.3 Å². The molecule has 0 radical (unpaired) electrons. The van der Waals surface area contributed by atoms with Gasteiger partial charge in [0.1, 0.15) is 5.21 Å². The van der Waals surface area contributed by atoms with Crippen LogP contribution in [0.1, 0.15) is 38.5 Å². The fourth-order valence-corrected chi connectivity index (χ4v) is 4.59. The van der Waals surface area contributed by atoms with Gasteiger partial charge in [-0.3, -0.25) is 0 Å². The average molecular weight is 252 g/mol. The molecule has 15 heavy (non-hydrogen) atoms. The molecule has 0 unspecified atom stereocenters. The van der Waals surface area contributed by atoms with E-state index in [1.165, 1.54) is 19.3 Å². The van der Waals surface area contributed by atoms with Gasteiger partial charge < -0.3 is 0 Å². The maximum atomic E-state index is 11.8. The van der Waals surface area contributed by atoms with E-state index >= 15 is 0 Å². The van der Waals surface area contributed by atoms with Crippen LogP contribution < -0.4 is 0 Å². The molecule has 0 spiro atoms. The van der Waals surface area contributed by atoms with Crippen LogP contribution in [-0.2, 0) is 10.0 Å². The van der Waals surface area contributed by atoms with Gasteiger partial charge in [-0.25, -0.2) is 8.42 Å². The molecule has 2 fully saturated rings. The van der Waals surface area contributed by atoms with Crippen LogP contribution in [0, 0.1) is 5.92 Å². The van der Waals surface area contributed by atoms with Gasteiger partial charge in [-0.05, 0) is 31.6 Å². The number of rotatable bonds is 2. The van der Waals surface area contributed by atoms with E-state index < -0.39 is 10.0 Å². The average Bonchev–Trinajstić information content (AvgIpc) is 2.28. The molecule has 2 aliphatic rings. The summed E-state index contributed by atoms with van der Waals surface area (Å²) in [6, 6.07) is 0.247. The zero-order valence-electron chi connectivity index (χ0n) is 8.86. The van der Waals surface area contributed by atoms with Gasteiger partial charge in [-0.15, -0.1) is 11.6 Å². The van der Waals surface area contributed by atoms with E-state index in [2.05, 4.69) is 0 Å². The van der Waals surface area contributed by atoms with Crippen molar-refractivity contribution in [1.29, 1.82) is 0 Å². The maximum Gasteiger partial charge on any atom is 0.228 e. The summed E-state index contributed by atoms with van der Waals surface area (Å²) in [6.07, 6.45) is 6.83. The smallest absolute Gasteiger partial charge is 0.211 e. The Morgan fingerprint density at radius 2 is 1.80 bits per heavy atom. The fourth-order valence-electron chi connectivity index (χ4n) is 2.99. The second-order valence-corrected chi connectivity index (χ2v) is 7.09. The van der Waals surface area contributed by atoms with Gasteiger partial charge in [0.2, 0.25) is 10.0 Å². The lowest BCUT2D eigenvalue weighted by Gasteiger charge is -2.42. The number of hydrogen-bond donors (Lipinski definition) is 0. The maximum absolute atomic E-state index is 11.8. The highest BCUT2D eigenvalue weighted by Gasteiger charge is 2.38. The zero-order valence-corrected chi connectivity index (χ0v) is 10.4. The van der Waals surface area contributed by atoms with Crippen LogP contribution in [0.25, 0.3) is 0 Å². The van der Waals surface area contributed by atoms with Crippen molar-refractivity contribution in [3.63, 3.8) is 0 Å².